The van der Waals surface area contributed by atoms with E-state index < -0.39 is 0 Å². The molecule has 1 heterocycles. The molecule has 222 valence electrons. The summed E-state index contributed by atoms with van der Waals surface area (Å²) >= 11 is 6.39. The summed E-state index contributed by atoms with van der Waals surface area (Å²) in [6, 6.07) is 6.76. The zero-order valence-electron chi connectivity index (χ0n) is 25.2. The molecule has 0 saturated heterocycles. The number of benzene rings is 1. The normalized spacial score (nSPS) is 27.1. The first kappa shape index (κ1) is 31.2. The van der Waals surface area contributed by atoms with E-state index in [1.807, 2.05) is 12.2 Å². The SMILES string of the molecule is C=CC[NH2+]Cc1ccc2c(c1)N(C[C@@H]1CCC1C(O)CC(C)C[C@@H](C)CC)CCCCC1C=C(Cl)C=CC1CO2. The quantitative estimate of drug-likeness (QED) is 0.209. The number of rotatable bonds is 12. The van der Waals surface area contributed by atoms with Crippen LogP contribution in [0.3, 0.4) is 0 Å². The molecular weight excluding hydrogens is 516 g/mol. The summed E-state index contributed by atoms with van der Waals surface area (Å²) in [5.41, 5.74) is 2.54. The average Bonchev–Trinajstić information content (AvgIpc) is 2.94. The van der Waals surface area contributed by atoms with Gasteiger partial charge >= 0.3 is 0 Å². The van der Waals surface area contributed by atoms with Crippen LogP contribution < -0.4 is 15.0 Å². The number of nitrogens with two attached hydrogens (primary N) is 1. The van der Waals surface area contributed by atoms with Gasteiger partial charge in [-0.05, 0) is 98.5 Å². The van der Waals surface area contributed by atoms with Gasteiger partial charge in [0, 0.05) is 29.6 Å². The molecule has 1 aromatic rings. The predicted molar refractivity (Wildman–Crippen MR) is 169 cm³/mol. The summed E-state index contributed by atoms with van der Waals surface area (Å²) in [5.74, 6) is 4.03. The van der Waals surface area contributed by atoms with Crippen molar-refractivity contribution in [1.29, 1.82) is 0 Å². The maximum atomic E-state index is 11.3. The molecule has 3 aliphatic rings. The van der Waals surface area contributed by atoms with E-state index in [9.17, 15) is 5.11 Å². The van der Waals surface area contributed by atoms with Crippen LogP contribution in [0.5, 0.6) is 5.75 Å². The lowest BCUT2D eigenvalue weighted by atomic mass is 9.68. The Morgan fingerprint density at radius 3 is 2.75 bits per heavy atom. The lowest BCUT2D eigenvalue weighted by molar-refractivity contribution is -0.662. The van der Waals surface area contributed by atoms with Gasteiger partial charge in [-0.15, -0.1) is 0 Å². The van der Waals surface area contributed by atoms with Crippen molar-refractivity contribution in [2.45, 2.75) is 84.8 Å². The molecule has 4 nitrogen and oxygen atoms in total. The van der Waals surface area contributed by atoms with Crippen molar-refractivity contribution in [2.75, 3.05) is 31.1 Å². The summed E-state index contributed by atoms with van der Waals surface area (Å²) < 4.78 is 6.60. The van der Waals surface area contributed by atoms with Crippen molar-refractivity contribution in [3.05, 3.63) is 59.7 Å². The molecule has 0 aromatic heterocycles. The topological polar surface area (TPSA) is 49.3 Å². The number of nitrogens with zero attached hydrogens (tertiary/aromatic N) is 1. The molecule has 5 heteroatoms. The summed E-state index contributed by atoms with van der Waals surface area (Å²) in [4.78, 5) is 2.59. The third-order valence-corrected chi connectivity index (χ3v) is 9.97. The van der Waals surface area contributed by atoms with E-state index in [1.54, 1.807) is 0 Å². The predicted octanol–water partition coefficient (Wildman–Crippen LogP) is 7.08. The Morgan fingerprint density at radius 1 is 1.15 bits per heavy atom. The van der Waals surface area contributed by atoms with Crippen molar-refractivity contribution < 1.29 is 15.2 Å². The minimum Gasteiger partial charge on any atom is -0.491 e. The fraction of sp³-hybridized carbons (Fsp3) is 0.657. The highest BCUT2D eigenvalue weighted by Crippen LogP contribution is 2.42. The van der Waals surface area contributed by atoms with Gasteiger partial charge in [0.2, 0.25) is 0 Å². The van der Waals surface area contributed by atoms with Gasteiger partial charge in [0.25, 0.3) is 0 Å². The molecule has 5 unspecified atom stereocenters. The van der Waals surface area contributed by atoms with Gasteiger partial charge in [0.05, 0.1) is 24.9 Å². The average molecular weight is 570 g/mol. The van der Waals surface area contributed by atoms with Crippen LogP contribution in [-0.4, -0.2) is 37.5 Å². The summed E-state index contributed by atoms with van der Waals surface area (Å²) in [6.07, 6.45) is 17.5. The molecule has 0 spiro atoms. The number of ether oxygens (including phenoxy) is 1. The van der Waals surface area contributed by atoms with E-state index in [4.69, 9.17) is 16.3 Å². The monoisotopic (exact) mass is 569 g/mol. The molecule has 1 fully saturated rings. The van der Waals surface area contributed by atoms with Gasteiger partial charge < -0.3 is 20.1 Å². The lowest BCUT2D eigenvalue weighted by Gasteiger charge is -2.44. The highest BCUT2D eigenvalue weighted by Gasteiger charge is 2.38. The van der Waals surface area contributed by atoms with Crippen LogP contribution in [0.15, 0.2) is 54.1 Å². The number of hydrogen-bond donors (Lipinski definition) is 2. The standard InChI is InChI=1S/C35H53ClN2O2/c1-5-16-37-22-27-10-15-35-33(20-27)38(17-8-7-9-28-21-31(36)13-11-30(28)24-40-35)23-29-12-14-32(29)34(39)19-26(4)18-25(3)6-2/h5,10-11,13,15,20-21,25-26,28-30,32,34,37,39H,1,6-9,12,14,16-19,22-24H2,2-4H3/p+1/t25-,26?,28?,29-,30?,32?,34?/m0/s1. The Kier molecular flexibility index (Phi) is 12.1. The third-order valence-electron chi connectivity index (χ3n) is 9.72. The van der Waals surface area contributed by atoms with E-state index in [0.717, 1.165) is 68.6 Å². The number of aliphatic hydroxyl groups is 1. The minimum atomic E-state index is -0.191. The van der Waals surface area contributed by atoms with Crippen molar-refractivity contribution in [2.24, 2.45) is 35.5 Å². The second-order valence-electron chi connectivity index (χ2n) is 13.0. The van der Waals surface area contributed by atoms with Crippen LogP contribution >= 0.6 is 11.6 Å². The Labute approximate surface area is 248 Å². The fourth-order valence-electron chi connectivity index (χ4n) is 6.97. The van der Waals surface area contributed by atoms with Crippen molar-refractivity contribution in [3.8, 4) is 5.75 Å². The molecule has 1 aliphatic heterocycles. The third kappa shape index (κ3) is 8.63. The summed E-state index contributed by atoms with van der Waals surface area (Å²) in [7, 11) is 0. The zero-order valence-corrected chi connectivity index (χ0v) is 26.0. The summed E-state index contributed by atoms with van der Waals surface area (Å²) in [6.45, 7) is 15.3. The molecule has 0 bridgehead atoms. The maximum absolute atomic E-state index is 11.3. The highest BCUT2D eigenvalue weighted by molar-refractivity contribution is 6.31. The van der Waals surface area contributed by atoms with Gasteiger partial charge in [-0.3, -0.25) is 0 Å². The van der Waals surface area contributed by atoms with Gasteiger partial charge in [0.1, 0.15) is 12.3 Å². The maximum Gasteiger partial charge on any atom is 0.142 e. The van der Waals surface area contributed by atoms with Crippen LogP contribution in [-0.2, 0) is 6.54 Å². The molecule has 7 atom stereocenters. The molecular formula is C35H54ClN2O2+. The van der Waals surface area contributed by atoms with E-state index in [-0.39, 0.29) is 6.10 Å². The second kappa shape index (κ2) is 15.5. The molecule has 1 aromatic carbocycles. The highest BCUT2D eigenvalue weighted by atomic mass is 35.5. The molecule has 0 radical (unpaired) electrons. The van der Waals surface area contributed by atoms with Crippen LogP contribution in [0.25, 0.3) is 0 Å². The van der Waals surface area contributed by atoms with Gasteiger partial charge in [-0.25, -0.2) is 0 Å². The Hall–Kier alpha value is -1.75. The van der Waals surface area contributed by atoms with Crippen LogP contribution in [0.4, 0.5) is 5.69 Å². The number of quaternary nitrogens is 1. The lowest BCUT2D eigenvalue weighted by Crippen LogP contribution is -2.82. The van der Waals surface area contributed by atoms with E-state index in [2.05, 4.69) is 67.9 Å². The first-order chi connectivity index (χ1) is 19.4. The number of anilines is 1. The van der Waals surface area contributed by atoms with Crippen molar-refractivity contribution in [1.82, 2.24) is 0 Å². The van der Waals surface area contributed by atoms with Gasteiger partial charge in [-0.1, -0.05) is 63.9 Å². The van der Waals surface area contributed by atoms with Gasteiger partial charge in [0.15, 0.2) is 0 Å². The van der Waals surface area contributed by atoms with E-state index >= 15 is 0 Å². The molecule has 3 N–H and O–H groups in total. The Balaban J connectivity index is 1.50. The number of aliphatic hydroxyl groups excluding tert-OH is 1. The van der Waals surface area contributed by atoms with Crippen LogP contribution in [0.2, 0.25) is 0 Å². The number of fused-ring (bicyclic) bond motifs is 2. The number of allylic oxidation sites excluding steroid dienone is 3. The van der Waals surface area contributed by atoms with Crippen LogP contribution in [0.1, 0.15) is 77.7 Å². The Morgan fingerprint density at radius 2 is 2.00 bits per heavy atom. The molecule has 0 amide bonds. The molecule has 2 aliphatic carbocycles. The second-order valence-corrected chi connectivity index (χ2v) is 13.4. The molecule has 40 heavy (non-hydrogen) atoms. The first-order valence-corrected chi connectivity index (χ1v) is 16.4. The van der Waals surface area contributed by atoms with Crippen molar-refractivity contribution in [3.63, 3.8) is 0 Å². The van der Waals surface area contributed by atoms with E-state index in [0.29, 0.717) is 36.2 Å². The van der Waals surface area contributed by atoms with Gasteiger partial charge in [-0.2, -0.15) is 0 Å². The first-order valence-electron chi connectivity index (χ1n) is 16.0. The van der Waals surface area contributed by atoms with E-state index in [1.165, 1.54) is 36.9 Å². The Bertz CT molecular complexity index is 1010. The largest absolute Gasteiger partial charge is 0.491 e. The summed E-state index contributed by atoms with van der Waals surface area (Å²) in [5, 5.41) is 14.4. The van der Waals surface area contributed by atoms with Crippen LogP contribution in [0, 0.1) is 35.5 Å². The number of halogens is 1. The number of hydrogen-bond acceptors (Lipinski definition) is 3. The van der Waals surface area contributed by atoms with Crippen molar-refractivity contribution >= 4 is 17.3 Å². The smallest absolute Gasteiger partial charge is 0.142 e. The molecule has 4 rings (SSSR count). The zero-order chi connectivity index (χ0) is 28.5. The molecule has 1 saturated carbocycles. The fourth-order valence-corrected chi connectivity index (χ4v) is 7.21. The minimum absolute atomic E-state index is 0.191.